The van der Waals surface area contributed by atoms with Crippen LogP contribution >= 0.6 is 22.9 Å². The zero-order valence-electron chi connectivity index (χ0n) is 26.2. The quantitative estimate of drug-likeness (QED) is 0.160. The van der Waals surface area contributed by atoms with Crippen molar-refractivity contribution in [1.29, 1.82) is 0 Å². The number of carbonyl (C=O) groups is 2. The number of hydrogen-bond acceptors (Lipinski definition) is 8. The summed E-state index contributed by atoms with van der Waals surface area (Å²) in [5, 5.41) is 0.471. The molecule has 1 aliphatic rings. The number of nitrogens with zero attached hydrogens (tertiary/aromatic N) is 2. The minimum atomic E-state index is -0.772. The molecule has 242 valence electrons. The number of rotatable bonds is 10. The smallest absolute Gasteiger partial charge is 0.338 e. The summed E-state index contributed by atoms with van der Waals surface area (Å²) in [6.45, 7) is 4.19. The molecule has 10 heteroatoms. The van der Waals surface area contributed by atoms with Crippen molar-refractivity contribution < 1.29 is 23.8 Å². The lowest BCUT2D eigenvalue weighted by Gasteiger charge is -2.25. The van der Waals surface area contributed by atoms with Gasteiger partial charge in [-0.3, -0.25) is 9.36 Å². The molecule has 1 aliphatic heterocycles. The Labute approximate surface area is 285 Å². The molecule has 0 N–H and O–H groups in total. The Balaban J connectivity index is 1.44. The fourth-order valence-electron chi connectivity index (χ4n) is 5.41. The van der Waals surface area contributed by atoms with Crippen LogP contribution in [0.3, 0.4) is 0 Å². The molecule has 4 aromatic carbocycles. The molecule has 0 aliphatic carbocycles. The summed E-state index contributed by atoms with van der Waals surface area (Å²) in [7, 11) is 0. The van der Waals surface area contributed by atoms with Crippen LogP contribution in [0.15, 0.2) is 118 Å². The lowest BCUT2D eigenvalue weighted by Crippen LogP contribution is -2.40. The van der Waals surface area contributed by atoms with Crippen LogP contribution in [0.25, 0.3) is 11.8 Å². The van der Waals surface area contributed by atoms with Crippen molar-refractivity contribution in [1.82, 2.24) is 4.57 Å². The van der Waals surface area contributed by atoms with Gasteiger partial charge in [-0.05, 0) is 61.4 Å². The van der Waals surface area contributed by atoms with Gasteiger partial charge in [-0.1, -0.05) is 95.7 Å². The van der Waals surface area contributed by atoms with Crippen molar-refractivity contribution in [3.63, 3.8) is 0 Å². The Kier molecular flexibility index (Phi) is 9.99. The third-order valence-corrected chi connectivity index (χ3v) is 8.82. The van der Waals surface area contributed by atoms with Gasteiger partial charge in [-0.15, -0.1) is 0 Å². The molecule has 1 atom stereocenters. The van der Waals surface area contributed by atoms with E-state index in [2.05, 4.69) is 0 Å². The molecule has 0 fully saturated rings. The van der Waals surface area contributed by atoms with Crippen LogP contribution in [0, 0.1) is 0 Å². The number of aromatic nitrogens is 1. The monoisotopic (exact) mass is 678 g/mol. The fourth-order valence-corrected chi connectivity index (χ4v) is 6.58. The predicted octanol–water partition coefficient (Wildman–Crippen LogP) is 6.34. The number of fused-ring (bicyclic) bond motifs is 1. The average molecular weight is 679 g/mol. The van der Waals surface area contributed by atoms with Crippen LogP contribution in [0.1, 0.15) is 52.5 Å². The van der Waals surface area contributed by atoms with E-state index < -0.39 is 12.0 Å². The van der Waals surface area contributed by atoms with Crippen molar-refractivity contribution in [3.05, 3.63) is 161 Å². The summed E-state index contributed by atoms with van der Waals surface area (Å²) in [5.74, 6) is -0.410. The average Bonchev–Trinajstić information content (AvgIpc) is 3.42. The maximum absolute atomic E-state index is 14.3. The van der Waals surface area contributed by atoms with Gasteiger partial charge < -0.3 is 14.2 Å². The molecule has 0 bridgehead atoms. The molecule has 8 nitrogen and oxygen atoms in total. The van der Waals surface area contributed by atoms with Crippen molar-refractivity contribution in [2.75, 3.05) is 13.2 Å². The zero-order valence-corrected chi connectivity index (χ0v) is 27.8. The van der Waals surface area contributed by atoms with E-state index in [0.717, 1.165) is 16.7 Å². The molecule has 48 heavy (non-hydrogen) atoms. The van der Waals surface area contributed by atoms with E-state index in [1.165, 1.54) is 11.3 Å². The number of carbonyl (C=O) groups excluding carboxylic acids is 2. The maximum Gasteiger partial charge on any atom is 0.338 e. The highest BCUT2D eigenvalue weighted by Gasteiger charge is 2.35. The van der Waals surface area contributed by atoms with E-state index in [9.17, 15) is 14.4 Å². The molecule has 1 aromatic heterocycles. The maximum atomic E-state index is 14.3. The van der Waals surface area contributed by atoms with Gasteiger partial charge in [0.25, 0.3) is 5.56 Å². The minimum Gasteiger partial charge on any atom is -0.488 e. The number of esters is 2. The first-order chi connectivity index (χ1) is 23.4. The molecule has 0 unspecified atom stereocenters. The summed E-state index contributed by atoms with van der Waals surface area (Å²) < 4.78 is 18.7. The second-order valence-corrected chi connectivity index (χ2v) is 12.2. The summed E-state index contributed by atoms with van der Waals surface area (Å²) >= 11 is 7.63. The van der Waals surface area contributed by atoms with E-state index in [1.54, 1.807) is 67.0 Å². The molecule has 2 heterocycles. The van der Waals surface area contributed by atoms with Crippen LogP contribution in [-0.4, -0.2) is 29.7 Å². The van der Waals surface area contributed by atoms with Gasteiger partial charge in [0.15, 0.2) is 4.80 Å². The summed E-state index contributed by atoms with van der Waals surface area (Å²) in [6.07, 6.45) is 1.73. The second kappa shape index (κ2) is 14.7. The van der Waals surface area contributed by atoms with Gasteiger partial charge in [-0.25, -0.2) is 14.6 Å². The van der Waals surface area contributed by atoms with Gasteiger partial charge in [0.1, 0.15) is 12.4 Å². The van der Waals surface area contributed by atoms with Crippen LogP contribution < -0.4 is 19.6 Å². The first-order valence-electron chi connectivity index (χ1n) is 15.4. The molecule has 0 saturated carbocycles. The van der Waals surface area contributed by atoms with Crippen LogP contribution in [0.4, 0.5) is 0 Å². The highest BCUT2D eigenvalue weighted by atomic mass is 35.5. The van der Waals surface area contributed by atoms with E-state index in [4.69, 9.17) is 30.8 Å². The Bertz CT molecular complexity index is 2170. The molecule has 0 amide bonds. The van der Waals surface area contributed by atoms with Gasteiger partial charge in [0.05, 0.1) is 40.6 Å². The Morgan fingerprint density at radius 2 is 1.54 bits per heavy atom. The SMILES string of the molecule is CCOC(=O)C1=C(c2ccccc2)N=c2s/c(=C\c3cc(Cl)ccc3OCc3ccc(C(=O)OCC)cc3)c(=O)n2[C@@H]1c1ccccc1. The Hall–Kier alpha value is -5.25. The first-order valence-corrected chi connectivity index (χ1v) is 16.6. The predicted molar refractivity (Wildman–Crippen MR) is 186 cm³/mol. The number of hydrogen-bond donors (Lipinski definition) is 0. The highest BCUT2D eigenvalue weighted by molar-refractivity contribution is 7.07. The standard InChI is InChI=1S/C38H31ClN2O6S/c1-3-45-36(43)27-17-15-24(16-18-27)23-47-30-20-19-29(39)21-28(30)22-31-35(42)41-34(26-13-9-6-10-14-26)32(37(44)46-4-2)33(40-38(41)48-31)25-11-7-5-8-12-25/h5-22,34H,3-4,23H2,1-2H3/b31-22-/t34-/m1/s1. The van der Waals surface area contributed by atoms with Crippen LogP contribution in [-0.2, 0) is 20.9 Å². The topological polar surface area (TPSA) is 96.2 Å². The molecule has 0 saturated heterocycles. The van der Waals surface area contributed by atoms with Crippen molar-refractivity contribution in [2.45, 2.75) is 26.5 Å². The van der Waals surface area contributed by atoms with Gasteiger partial charge >= 0.3 is 11.9 Å². The van der Waals surface area contributed by atoms with Crippen LogP contribution in [0.5, 0.6) is 5.75 Å². The number of halogens is 1. The summed E-state index contributed by atoms with van der Waals surface area (Å²) in [4.78, 5) is 45.3. The zero-order chi connectivity index (χ0) is 33.6. The van der Waals surface area contributed by atoms with Crippen molar-refractivity contribution in [3.8, 4) is 5.75 Å². The minimum absolute atomic E-state index is 0.170. The normalized spacial score (nSPS) is 14.2. The largest absolute Gasteiger partial charge is 0.488 e. The molecular formula is C38H31ClN2O6S. The molecule has 5 aromatic rings. The lowest BCUT2D eigenvalue weighted by molar-refractivity contribution is -0.138. The molecule has 0 radical (unpaired) electrons. The molecule has 0 spiro atoms. The van der Waals surface area contributed by atoms with Crippen molar-refractivity contribution in [2.24, 2.45) is 4.99 Å². The molecular weight excluding hydrogens is 648 g/mol. The second-order valence-electron chi connectivity index (χ2n) is 10.7. The third-order valence-electron chi connectivity index (χ3n) is 7.61. The van der Waals surface area contributed by atoms with E-state index >= 15 is 0 Å². The van der Waals surface area contributed by atoms with Gasteiger partial charge in [0.2, 0.25) is 0 Å². The molecule has 6 rings (SSSR count). The fraction of sp³-hybridized carbons (Fsp3) is 0.158. The highest BCUT2D eigenvalue weighted by Crippen LogP contribution is 2.35. The van der Waals surface area contributed by atoms with E-state index in [0.29, 0.717) is 43.5 Å². The first kappa shape index (κ1) is 32.7. The Morgan fingerprint density at radius 1 is 0.875 bits per heavy atom. The summed E-state index contributed by atoms with van der Waals surface area (Å²) in [6, 6.07) is 30.2. The lowest BCUT2D eigenvalue weighted by atomic mass is 9.93. The third kappa shape index (κ3) is 6.88. The van der Waals surface area contributed by atoms with Gasteiger partial charge in [-0.2, -0.15) is 0 Å². The van der Waals surface area contributed by atoms with E-state index in [1.807, 2.05) is 60.7 Å². The van der Waals surface area contributed by atoms with Gasteiger partial charge in [0, 0.05) is 16.1 Å². The van der Waals surface area contributed by atoms with Crippen LogP contribution in [0.2, 0.25) is 5.02 Å². The van der Waals surface area contributed by atoms with E-state index in [-0.39, 0.29) is 30.3 Å². The van der Waals surface area contributed by atoms with Crippen molar-refractivity contribution >= 4 is 46.6 Å². The Morgan fingerprint density at radius 3 is 2.23 bits per heavy atom. The summed E-state index contributed by atoms with van der Waals surface area (Å²) in [5.41, 5.74) is 3.80. The number of benzene rings is 4. The number of ether oxygens (including phenoxy) is 3. The number of thiazole rings is 1.